The molecule has 370 valence electrons. The highest BCUT2D eigenvalue weighted by Gasteiger charge is 2.55. The van der Waals surface area contributed by atoms with Crippen molar-refractivity contribution in [2.75, 3.05) is 45.4 Å². The summed E-state index contributed by atoms with van der Waals surface area (Å²) < 4.78 is 57.1. The third-order valence-corrected chi connectivity index (χ3v) is 12.0. The number of thiol groups is 1. The predicted molar refractivity (Wildman–Crippen MR) is 205 cm³/mol. The fraction of sp³-hybridized carbons (Fsp3) is 1.00. The van der Waals surface area contributed by atoms with Gasteiger partial charge in [-0.3, -0.25) is 0 Å². The average molecular weight is 944 g/mol. The molecule has 17 N–H and O–H groups in total. The molecule has 0 radical (unpaired) electrons. The molecular formula is C36H65NO25S. The number of nitrogens with two attached hydrogens (primary N) is 1. The summed E-state index contributed by atoms with van der Waals surface area (Å²) in [4.78, 5) is 0. The Morgan fingerprint density at radius 1 is 0.381 bits per heavy atom. The van der Waals surface area contributed by atoms with Gasteiger partial charge in [-0.2, -0.15) is 12.6 Å². The van der Waals surface area contributed by atoms with Crippen LogP contribution in [0.5, 0.6) is 0 Å². The molecule has 0 amide bonds. The number of hydrogen-bond donors (Lipinski definition) is 17. The molecular weight excluding hydrogens is 878 g/mol. The minimum atomic E-state index is -2.04. The smallest absolute Gasteiger partial charge is 0.187 e. The van der Waals surface area contributed by atoms with Gasteiger partial charge in [0.15, 0.2) is 31.5 Å². The van der Waals surface area contributed by atoms with E-state index in [9.17, 15) is 76.6 Å². The molecule has 5 rings (SSSR count). The van der Waals surface area contributed by atoms with Gasteiger partial charge in [0.1, 0.15) is 116 Å². The zero-order valence-corrected chi connectivity index (χ0v) is 34.9. The van der Waals surface area contributed by atoms with Gasteiger partial charge in [-0.25, -0.2) is 0 Å². The second-order valence-electron chi connectivity index (χ2n) is 16.1. The van der Waals surface area contributed by atoms with E-state index in [1.165, 1.54) is 0 Å². The van der Waals surface area contributed by atoms with Gasteiger partial charge < -0.3 is 130 Å². The van der Waals surface area contributed by atoms with Crippen LogP contribution in [-0.4, -0.2) is 275 Å². The van der Waals surface area contributed by atoms with Crippen LogP contribution in [0.3, 0.4) is 0 Å². The number of hydrogen-bond acceptors (Lipinski definition) is 27. The van der Waals surface area contributed by atoms with Gasteiger partial charge in [0.05, 0.1) is 39.1 Å². The lowest BCUT2D eigenvalue weighted by atomic mass is 9.96. The van der Waals surface area contributed by atoms with Crippen molar-refractivity contribution in [1.82, 2.24) is 0 Å². The molecule has 5 aliphatic rings. The summed E-state index contributed by atoms with van der Waals surface area (Å²) in [6.45, 7) is -3.95. The standard InChI is InChI=1S/C36H65NO25S/c37-17-22(46)29(15(10-41)58-32(17)53-5-3-1-2-4-6-63)60-34-28(52)24(48)21(45)16(59-34)11-54-35-30(25(49)19(43)13(8-39)56-35)62-36-31(26(50)20(44)14(9-40)57-36)61-33-27(51)23(47)18(42)12(7-38)55-33/h12-36,38-52,63H,1-11,37H2/t12-,13-,14-,15-,16-,17-,18-,19-,20-,21-,22-,23+,24+,25+,26+,27+,28+,29-,30+,31+,32-,33-,34-,35+,36-/m1/s1. The van der Waals surface area contributed by atoms with E-state index in [0.29, 0.717) is 6.42 Å². The molecule has 25 atom stereocenters. The molecule has 63 heavy (non-hydrogen) atoms. The van der Waals surface area contributed by atoms with Gasteiger partial charge in [0.2, 0.25) is 0 Å². The maximum atomic E-state index is 11.2. The molecule has 0 aromatic heterocycles. The fourth-order valence-corrected chi connectivity index (χ4v) is 8.04. The predicted octanol–water partition coefficient (Wildman–Crippen LogP) is -9.44. The third kappa shape index (κ3) is 12.3. The Kier molecular flexibility index (Phi) is 20.8. The van der Waals surface area contributed by atoms with Gasteiger partial charge in [0.25, 0.3) is 0 Å². The maximum Gasteiger partial charge on any atom is 0.187 e. The average Bonchev–Trinajstić information content (AvgIpc) is 3.28. The van der Waals surface area contributed by atoms with Crippen molar-refractivity contribution in [3.8, 4) is 0 Å². The lowest BCUT2D eigenvalue weighted by molar-refractivity contribution is -0.396. The van der Waals surface area contributed by atoms with Gasteiger partial charge in [-0.15, -0.1) is 0 Å². The van der Waals surface area contributed by atoms with Crippen molar-refractivity contribution < 1.29 is 124 Å². The highest BCUT2D eigenvalue weighted by molar-refractivity contribution is 7.80. The van der Waals surface area contributed by atoms with Gasteiger partial charge in [0, 0.05) is 6.61 Å². The van der Waals surface area contributed by atoms with E-state index in [4.69, 9.17) is 53.1 Å². The number of aliphatic hydroxyl groups excluding tert-OH is 15. The molecule has 0 unspecified atom stereocenters. The SMILES string of the molecule is N[C@H]1[C@H](OCCCCCCS)O[C@H](CO)[C@@H](O[C@H]2O[C@H](CO[C@H]3O[C@H](CO)[C@@H](O)[C@H](O)[C@@H]3O[C@H]3O[C@H](CO)[C@@H](O)[C@H](O)[C@@H]3O[C@H]3O[C@H](CO)[C@@H](O)[C@H](O)[C@@H]3O)[C@@H](O)[C@H](O)[C@@H]2O)[C@@H]1O. The van der Waals surface area contributed by atoms with Crippen molar-refractivity contribution in [3.63, 3.8) is 0 Å². The van der Waals surface area contributed by atoms with E-state index >= 15 is 0 Å². The van der Waals surface area contributed by atoms with E-state index in [0.717, 1.165) is 25.0 Å². The Morgan fingerprint density at radius 2 is 0.794 bits per heavy atom. The fourth-order valence-electron chi connectivity index (χ4n) is 7.82. The maximum absolute atomic E-state index is 11.2. The Bertz CT molecular complexity index is 1330. The quantitative estimate of drug-likeness (QED) is 0.0398. The molecule has 5 aliphatic heterocycles. The van der Waals surface area contributed by atoms with E-state index in [2.05, 4.69) is 12.6 Å². The van der Waals surface area contributed by atoms with Crippen LogP contribution in [-0.2, 0) is 47.4 Å². The van der Waals surface area contributed by atoms with Crippen LogP contribution >= 0.6 is 12.6 Å². The molecule has 5 heterocycles. The van der Waals surface area contributed by atoms with Gasteiger partial charge in [-0.1, -0.05) is 12.8 Å². The minimum absolute atomic E-state index is 0.238. The zero-order chi connectivity index (χ0) is 46.3. The summed E-state index contributed by atoms with van der Waals surface area (Å²) in [5, 5.41) is 158. The molecule has 5 fully saturated rings. The lowest BCUT2D eigenvalue weighted by Crippen LogP contribution is -2.67. The van der Waals surface area contributed by atoms with Crippen molar-refractivity contribution in [1.29, 1.82) is 0 Å². The second kappa shape index (κ2) is 24.5. The van der Waals surface area contributed by atoms with E-state index in [1.54, 1.807) is 0 Å². The largest absolute Gasteiger partial charge is 0.394 e. The van der Waals surface area contributed by atoms with E-state index < -0.39 is 187 Å². The number of rotatable bonds is 20. The van der Waals surface area contributed by atoms with Crippen LogP contribution in [0.4, 0.5) is 0 Å². The van der Waals surface area contributed by atoms with Crippen molar-refractivity contribution in [2.45, 2.75) is 179 Å². The van der Waals surface area contributed by atoms with Crippen LogP contribution in [0, 0.1) is 0 Å². The first-order valence-electron chi connectivity index (χ1n) is 20.8. The van der Waals surface area contributed by atoms with Crippen LogP contribution < -0.4 is 5.73 Å². The molecule has 5 saturated heterocycles. The lowest BCUT2D eigenvalue weighted by Gasteiger charge is -2.49. The van der Waals surface area contributed by atoms with Crippen LogP contribution in [0.2, 0.25) is 0 Å². The van der Waals surface area contributed by atoms with Crippen LogP contribution in [0.15, 0.2) is 0 Å². The van der Waals surface area contributed by atoms with Crippen LogP contribution in [0.25, 0.3) is 0 Å². The Balaban J connectivity index is 1.30. The van der Waals surface area contributed by atoms with Gasteiger partial charge >= 0.3 is 0 Å². The summed E-state index contributed by atoms with van der Waals surface area (Å²) in [5.74, 6) is 0.748. The topological polar surface area (TPSA) is 422 Å². The highest BCUT2D eigenvalue weighted by Crippen LogP contribution is 2.35. The first kappa shape index (κ1) is 53.3. The second-order valence-corrected chi connectivity index (χ2v) is 16.5. The molecule has 27 heteroatoms. The summed E-state index contributed by atoms with van der Waals surface area (Å²) in [5.41, 5.74) is 6.21. The van der Waals surface area contributed by atoms with E-state index in [1.807, 2.05) is 0 Å². The molecule has 0 aromatic carbocycles. The number of ether oxygens (including phenoxy) is 10. The molecule has 0 aliphatic carbocycles. The normalized spacial score (nSPS) is 48.6. The van der Waals surface area contributed by atoms with E-state index in [-0.39, 0.29) is 6.61 Å². The summed E-state index contributed by atoms with van der Waals surface area (Å²) in [7, 11) is 0. The van der Waals surface area contributed by atoms with Crippen molar-refractivity contribution in [3.05, 3.63) is 0 Å². The third-order valence-electron chi connectivity index (χ3n) is 11.7. The Morgan fingerprint density at radius 3 is 1.33 bits per heavy atom. The van der Waals surface area contributed by atoms with Crippen LogP contribution in [0.1, 0.15) is 25.7 Å². The summed E-state index contributed by atoms with van der Waals surface area (Å²) in [6.07, 6.45) is -39.3. The molecule has 26 nitrogen and oxygen atoms in total. The molecule has 0 saturated carbocycles. The highest BCUT2D eigenvalue weighted by atomic mass is 32.1. The molecule has 0 aromatic rings. The van der Waals surface area contributed by atoms with Crippen molar-refractivity contribution in [2.24, 2.45) is 5.73 Å². The monoisotopic (exact) mass is 943 g/mol. The molecule has 0 bridgehead atoms. The number of aliphatic hydroxyl groups is 15. The summed E-state index contributed by atoms with van der Waals surface area (Å²) >= 11 is 4.18. The Hall–Kier alpha value is -0.690. The zero-order valence-electron chi connectivity index (χ0n) is 34.0. The van der Waals surface area contributed by atoms with Crippen molar-refractivity contribution >= 4 is 12.6 Å². The van der Waals surface area contributed by atoms with Gasteiger partial charge in [-0.05, 0) is 18.6 Å². The first-order chi connectivity index (χ1) is 30.0. The first-order valence-corrected chi connectivity index (χ1v) is 21.4. The molecule has 0 spiro atoms. The number of unbranched alkanes of at least 4 members (excludes halogenated alkanes) is 3. The summed E-state index contributed by atoms with van der Waals surface area (Å²) in [6, 6.07) is -1.21. The minimum Gasteiger partial charge on any atom is -0.394 e. The Labute approximate surface area is 366 Å².